The van der Waals surface area contributed by atoms with Crippen LogP contribution >= 0.6 is 11.8 Å². The third-order valence-corrected chi connectivity index (χ3v) is 4.52. The third-order valence-electron chi connectivity index (χ3n) is 3.55. The summed E-state index contributed by atoms with van der Waals surface area (Å²) in [5, 5.41) is 13.0. The molecule has 138 valence electrons. The topological polar surface area (TPSA) is 85.3 Å². The molecule has 1 aromatic carbocycles. The monoisotopic (exact) mass is 381 g/mol. The van der Waals surface area contributed by atoms with Gasteiger partial charge < -0.3 is 8.98 Å². The van der Waals surface area contributed by atoms with Crippen LogP contribution < -0.4 is 5.43 Å². The number of carbonyl (C=O) groups is 1. The standard InChI is InChI=1S/C19H19N5O2S/c1-2-24-18(15-8-4-3-5-9-15)22-23-19(24)27-14-17(25)21-20-12-6-10-16-11-7-13-26-16/h3-13H,2,14H2,1H3,(H,21,25)/b10-6+,20-12-. The zero-order valence-electron chi connectivity index (χ0n) is 14.8. The molecule has 8 heteroatoms. The number of aromatic nitrogens is 3. The largest absolute Gasteiger partial charge is 0.465 e. The first kappa shape index (κ1) is 18.7. The summed E-state index contributed by atoms with van der Waals surface area (Å²) in [6.07, 6.45) is 6.52. The van der Waals surface area contributed by atoms with Gasteiger partial charge in [0.15, 0.2) is 11.0 Å². The summed E-state index contributed by atoms with van der Waals surface area (Å²) in [7, 11) is 0. The molecule has 7 nitrogen and oxygen atoms in total. The van der Waals surface area contributed by atoms with Gasteiger partial charge in [-0.1, -0.05) is 42.1 Å². The molecular weight excluding hydrogens is 362 g/mol. The van der Waals surface area contributed by atoms with Gasteiger partial charge in [0.05, 0.1) is 12.0 Å². The lowest BCUT2D eigenvalue weighted by atomic mass is 10.2. The fourth-order valence-electron chi connectivity index (χ4n) is 2.32. The van der Waals surface area contributed by atoms with Crippen LogP contribution in [0.5, 0.6) is 0 Å². The number of furan rings is 1. The predicted molar refractivity (Wildman–Crippen MR) is 106 cm³/mol. The van der Waals surface area contributed by atoms with Crippen LogP contribution in [-0.2, 0) is 11.3 Å². The van der Waals surface area contributed by atoms with Crippen molar-refractivity contribution in [1.82, 2.24) is 20.2 Å². The van der Waals surface area contributed by atoms with Crippen LogP contribution in [-0.4, -0.2) is 32.6 Å². The van der Waals surface area contributed by atoms with Crippen LogP contribution in [0, 0.1) is 0 Å². The van der Waals surface area contributed by atoms with Gasteiger partial charge in [0.25, 0.3) is 5.91 Å². The molecule has 0 radical (unpaired) electrons. The quantitative estimate of drug-likeness (QED) is 0.367. The van der Waals surface area contributed by atoms with Crippen LogP contribution in [0.4, 0.5) is 0 Å². The van der Waals surface area contributed by atoms with Gasteiger partial charge >= 0.3 is 0 Å². The highest BCUT2D eigenvalue weighted by Gasteiger charge is 2.14. The molecule has 0 spiro atoms. The van der Waals surface area contributed by atoms with Crippen LogP contribution in [0.25, 0.3) is 17.5 Å². The van der Waals surface area contributed by atoms with Crippen molar-refractivity contribution in [2.75, 3.05) is 5.75 Å². The van der Waals surface area contributed by atoms with Crippen molar-refractivity contribution in [3.05, 3.63) is 60.6 Å². The molecule has 0 aliphatic heterocycles. The molecule has 0 saturated heterocycles. The van der Waals surface area contributed by atoms with Crippen molar-refractivity contribution in [3.63, 3.8) is 0 Å². The number of carbonyl (C=O) groups excluding carboxylic acids is 1. The predicted octanol–water partition coefficient (Wildman–Crippen LogP) is 3.47. The summed E-state index contributed by atoms with van der Waals surface area (Å²) in [6.45, 7) is 2.74. The second-order valence-corrected chi connectivity index (χ2v) is 6.34. The van der Waals surface area contributed by atoms with E-state index in [2.05, 4.69) is 20.7 Å². The summed E-state index contributed by atoms with van der Waals surface area (Å²) < 4.78 is 7.14. The molecule has 0 bridgehead atoms. The van der Waals surface area contributed by atoms with Crippen molar-refractivity contribution in [3.8, 4) is 11.4 Å². The van der Waals surface area contributed by atoms with E-state index in [0.29, 0.717) is 5.16 Å². The SMILES string of the molecule is CCn1c(SCC(=O)N/N=C\C=C\c2ccco2)nnc1-c1ccccc1. The van der Waals surface area contributed by atoms with Crippen LogP contribution in [0.1, 0.15) is 12.7 Å². The van der Waals surface area contributed by atoms with E-state index in [1.165, 1.54) is 18.0 Å². The fourth-order valence-corrected chi connectivity index (χ4v) is 3.11. The Balaban J connectivity index is 1.52. The molecule has 0 aliphatic rings. The zero-order chi connectivity index (χ0) is 18.9. The zero-order valence-corrected chi connectivity index (χ0v) is 15.6. The van der Waals surface area contributed by atoms with Gasteiger partial charge in [-0.15, -0.1) is 10.2 Å². The number of rotatable bonds is 8. The summed E-state index contributed by atoms with van der Waals surface area (Å²) in [6, 6.07) is 13.5. The molecule has 0 atom stereocenters. The molecule has 1 N–H and O–H groups in total. The minimum Gasteiger partial charge on any atom is -0.465 e. The number of hydrogen-bond donors (Lipinski definition) is 1. The minimum absolute atomic E-state index is 0.201. The normalized spacial score (nSPS) is 11.4. The lowest BCUT2D eigenvalue weighted by Gasteiger charge is -2.06. The average molecular weight is 381 g/mol. The van der Waals surface area contributed by atoms with E-state index in [1.54, 1.807) is 24.5 Å². The molecule has 27 heavy (non-hydrogen) atoms. The molecule has 1 amide bonds. The summed E-state index contributed by atoms with van der Waals surface area (Å²) >= 11 is 1.33. The highest BCUT2D eigenvalue weighted by Crippen LogP contribution is 2.23. The maximum absolute atomic E-state index is 11.9. The molecule has 3 rings (SSSR count). The van der Waals surface area contributed by atoms with E-state index in [4.69, 9.17) is 4.42 Å². The first-order valence-corrected chi connectivity index (χ1v) is 9.40. The van der Waals surface area contributed by atoms with Gasteiger partial charge in [-0.3, -0.25) is 4.79 Å². The fraction of sp³-hybridized carbons (Fsp3) is 0.158. The molecule has 0 saturated carbocycles. The van der Waals surface area contributed by atoms with Gasteiger partial charge in [-0.05, 0) is 31.2 Å². The summed E-state index contributed by atoms with van der Waals surface area (Å²) in [5.41, 5.74) is 3.48. The molecule has 0 aliphatic carbocycles. The number of benzene rings is 1. The van der Waals surface area contributed by atoms with E-state index < -0.39 is 0 Å². The highest BCUT2D eigenvalue weighted by molar-refractivity contribution is 7.99. The van der Waals surface area contributed by atoms with Gasteiger partial charge in [-0.25, -0.2) is 5.43 Å². The Labute approximate surface area is 161 Å². The first-order chi connectivity index (χ1) is 13.3. The van der Waals surface area contributed by atoms with Crippen molar-refractivity contribution < 1.29 is 9.21 Å². The number of thioether (sulfide) groups is 1. The smallest absolute Gasteiger partial charge is 0.250 e. The molecule has 2 heterocycles. The Morgan fingerprint density at radius 2 is 2.11 bits per heavy atom. The Hall–Kier alpha value is -3.13. The minimum atomic E-state index is -0.213. The van der Waals surface area contributed by atoms with Crippen LogP contribution in [0.2, 0.25) is 0 Å². The molecule has 3 aromatic rings. The van der Waals surface area contributed by atoms with Gasteiger partial charge in [-0.2, -0.15) is 5.10 Å². The van der Waals surface area contributed by atoms with Gasteiger partial charge in [0.2, 0.25) is 0 Å². The van der Waals surface area contributed by atoms with Gasteiger partial charge in [0, 0.05) is 18.3 Å². The van der Waals surface area contributed by atoms with E-state index >= 15 is 0 Å². The third kappa shape index (κ3) is 5.18. The van der Waals surface area contributed by atoms with Crippen LogP contribution in [0.3, 0.4) is 0 Å². The van der Waals surface area contributed by atoms with E-state index in [1.807, 2.05) is 47.9 Å². The van der Waals surface area contributed by atoms with E-state index in [0.717, 1.165) is 23.7 Å². The number of nitrogens with zero attached hydrogens (tertiary/aromatic N) is 4. The van der Waals surface area contributed by atoms with Crippen molar-refractivity contribution in [2.45, 2.75) is 18.6 Å². The van der Waals surface area contributed by atoms with E-state index in [-0.39, 0.29) is 11.7 Å². The molecule has 0 fully saturated rings. The number of hydrazone groups is 1. The number of hydrogen-bond acceptors (Lipinski definition) is 6. The maximum Gasteiger partial charge on any atom is 0.250 e. The number of nitrogens with one attached hydrogen (secondary N) is 1. The second kappa shape index (κ2) is 9.54. The van der Waals surface area contributed by atoms with E-state index in [9.17, 15) is 4.79 Å². The molecule has 0 unspecified atom stereocenters. The number of allylic oxidation sites excluding steroid dienone is 1. The molecular formula is C19H19N5O2S. The lowest BCUT2D eigenvalue weighted by Crippen LogP contribution is -2.19. The van der Waals surface area contributed by atoms with Crippen molar-refractivity contribution in [2.24, 2.45) is 5.10 Å². The van der Waals surface area contributed by atoms with Crippen LogP contribution in [0.15, 0.2) is 69.5 Å². The second-order valence-electron chi connectivity index (χ2n) is 5.39. The Kier molecular flexibility index (Phi) is 6.59. The Morgan fingerprint density at radius 1 is 1.26 bits per heavy atom. The van der Waals surface area contributed by atoms with Crippen molar-refractivity contribution >= 4 is 30.0 Å². The maximum atomic E-state index is 11.9. The average Bonchev–Trinajstić information content (AvgIpc) is 3.36. The highest BCUT2D eigenvalue weighted by atomic mass is 32.2. The first-order valence-electron chi connectivity index (χ1n) is 8.41. The lowest BCUT2D eigenvalue weighted by molar-refractivity contribution is -0.118. The Bertz CT molecular complexity index is 917. The van der Waals surface area contributed by atoms with Gasteiger partial charge in [0.1, 0.15) is 5.76 Å². The molecule has 2 aromatic heterocycles. The summed E-state index contributed by atoms with van der Waals surface area (Å²) in [4.78, 5) is 11.9. The Morgan fingerprint density at radius 3 is 2.85 bits per heavy atom. The van der Waals surface area contributed by atoms with Crippen molar-refractivity contribution in [1.29, 1.82) is 0 Å². The summed E-state index contributed by atoms with van der Waals surface area (Å²) in [5.74, 6) is 1.50. The number of amides is 1.